The van der Waals surface area contributed by atoms with Crippen LogP contribution in [0.5, 0.6) is 11.5 Å². The van der Waals surface area contributed by atoms with Gasteiger partial charge < -0.3 is 15.2 Å². The van der Waals surface area contributed by atoms with Crippen LogP contribution in [0.4, 0.5) is 4.39 Å². The van der Waals surface area contributed by atoms with E-state index in [1.807, 2.05) is 6.07 Å². The van der Waals surface area contributed by atoms with Gasteiger partial charge in [-0.25, -0.2) is 4.39 Å². The zero-order valence-electron chi connectivity index (χ0n) is 11.5. The zero-order valence-corrected chi connectivity index (χ0v) is 12.2. The van der Waals surface area contributed by atoms with E-state index in [9.17, 15) is 4.39 Å². The van der Waals surface area contributed by atoms with Crippen molar-refractivity contribution in [3.8, 4) is 11.5 Å². The lowest BCUT2D eigenvalue weighted by Crippen LogP contribution is -2.24. The van der Waals surface area contributed by atoms with Crippen LogP contribution < -0.4 is 15.2 Å². The first-order valence-corrected chi connectivity index (χ1v) is 7.01. The van der Waals surface area contributed by atoms with Gasteiger partial charge in [-0.05, 0) is 35.9 Å². The van der Waals surface area contributed by atoms with Gasteiger partial charge in [-0.3, -0.25) is 0 Å². The van der Waals surface area contributed by atoms with Gasteiger partial charge in [-0.1, -0.05) is 17.7 Å². The number of hydrogen-bond donors (Lipinski definition) is 1. The van der Waals surface area contributed by atoms with E-state index in [4.69, 9.17) is 26.8 Å². The van der Waals surface area contributed by atoms with Crippen molar-refractivity contribution in [2.24, 2.45) is 5.73 Å². The maximum atomic E-state index is 13.8. The molecule has 0 fully saturated rings. The summed E-state index contributed by atoms with van der Waals surface area (Å²) in [6.45, 7) is 0. The molecule has 3 rings (SSSR count). The van der Waals surface area contributed by atoms with E-state index in [0.29, 0.717) is 17.2 Å². The molecule has 2 atom stereocenters. The third kappa shape index (κ3) is 2.69. The maximum absolute atomic E-state index is 13.8. The summed E-state index contributed by atoms with van der Waals surface area (Å²) < 4.78 is 24.7. The minimum Gasteiger partial charge on any atom is -0.494 e. The van der Waals surface area contributed by atoms with Crippen LogP contribution >= 0.6 is 11.6 Å². The van der Waals surface area contributed by atoms with Gasteiger partial charge in [0.15, 0.2) is 11.6 Å². The molecule has 2 aromatic rings. The summed E-state index contributed by atoms with van der Waals surface area (Å²) in [5.74, 6) is 0.500. The van der Waals surface area contributed by atoms with Crippen molar-refractivity contribution in [3.05, 3.63) is 58.4 Å². The van der Waals surface area contributed by atoms with E-state index in [-0.39, 0.29) is 17.9 Å². The molecule has 0 saturated carbocycles. The second kappa shape index (κ2) is 5.54. The van der Waals surface area contributed by atoms with Gasteiger partial charge in [-0.2, -0.15) is 0 Å². The second-order valence-corrected chi connectivity index (χ2v) is 5.46. The standard InChI is InChI=1S/C16H15ClFNO2/c1-20-15-4-2-9(6-12(15)18)16-8-13(19)11-7-10(17)3-5-14(11)21-16/h2-7,13,16H,8,19H2,1H3. The van der Waals surface area contributed by atoms with Gasteiger partial charge in [0, 0.05) is 23.0 Å². The molecule has 0 radical (unpaired) electrons. The first-order valence-electron chi connectivity index (χ1n) is 6.63. The Morgan fingerprint density at radius 2 is 2.10 bits per heavy atom. The molecule has 2 N–H and O–H groups in total. The Labute approximate surface area is 127 Å². The molecule has 0 aliphatic carbocycles. The van der Waals surface area contributed by atoms with Crippen molar-refractivity contribution in [1.82, 2.24) is 0 Å². The lowest BCUT2D eigenvalue weighted by molar-refractivity contribution is 0.161. The minimum atomic E-state index is -0.408. The maximum Gasteiger partial charge on any atom is 0.165 e. The molecule has 2 aromatic carbocycles. The average Bonchev–Trinajstić information content (AvgIpc) is 2.47. The number of halogens is 2. The monoisotopic (exact) mass is 307 g/mol. The van der Waals surface area contributed by atoms with E-state index < -0.39 is 5.82 Å². The molecule has 1 heterocycles. The molecule has 0 amide bonds. The molecule has 110 valence electrons. The van der Waals surface area contributed by atoms with E-state index in [1.165, 1.54) is 13.2 Å². The predicted molar refractivity (Wildman–Crippen MR) is 79.3 cm³/mol. The fourth-order valence-electron chi connectivity index (χ4n) is 2.56. The molecule has 0 aromatic heterocycles. The normalized spacial score (nSPS) is 20.6. The molecule has 2 unspecified atom stereocenters. The van der Waals surface area contributed by atoms with Crippen LogP contribution in [-0.4, -0.2) is 7.11 Å². The van der Waals surface area contributed by atoms with Crippen molar-refractivity contribution in [2.75, 3.05) is 7.11 Å². The van der Waals surface area contributed by atoms with Gasteiger partial charge in [0.25, 0.3) is 0 Å². The molecule has 0 spiro atoms. The topological polar surface area (TPSA) is 44.5 Å². The summed E-state index contributed by atoms with van der Waals surface area (Å²) in [5, 5.41) is 0.627. The number of hydrogen-bond acceptors (Lipinski definition) is 3. The van der Waals surface area contributed by atoms with Gasteiger partial charge in [0.05, 0.1) is 7.11 Å². The lowest BCUT2D eigenvalue weighted by Gasteiger charge is -2.30. The molecule has 1 aliphatic heterocycles. The van der Waals surface area contributed by atoms with Crippen LogP contribution in [-0.2, 0) is 0 Å². The van der Waals surface area contributed by atoms with E-state index in [2.05, 4.69) is 0 Å². The Kier molecular flexibility index (Phi) is 3.74. The van der Waals surface area contributed by atoms with Crippen LogP contribution in [0.15, 0.2) is 36.4 Å². The Morgan fingerprint density at radius 1 is 1.29 bits per heavy atom. The zero-order chi connectivity index (χ0) is 15.0. The number of fused-ring (bicyclic) bond motifs is 1. The average molecular weight is 308 g/mol. The summed E-state index contributed by atoms with van der Waals surface area (Å²) >= 11 is 5.97. The molecule has 21 heavy (non-hydrogen) atoms. The highest BCUT2D eigenvalue weighted by Crippen LogP contribution is 2.41. The number of methoxy groups -OCH3 is 1. The minimum absolute atomic E-state index is 0.192. The predicted octanol–water partition coefficient (Wildman–Crippen LogP) is 4.01. The third-order valence-electron chi connectivity index (χ3n) is 3.66. The summed E-state index contributed by atoms with van der Waals surface area (Å²) in [7, 11) is 1.44. The smallest absolute Gasteiger partial charge is 0.165 e. The number of ether oxygens (including phenoxy) is 2. The van der Waals surface area contributed by atoms with Crippen LogP contribution in [0.3, 0.4) is 0 Å². The highest BCUT2D eigenvalue weighted by atomic mass is 35.5. The first kappa shape index (κ1) is 14.2. The second-order valence-electron chi connectivity index (χ2n) is 5.02. The Hall–Kier alpha value is -1.78. The van der Waals surface area contributed by atoms with Crippen LogP contribution in [0.2, 0.25) is 5.02 Å². The Balaban J connectivity index is 1.92. The summed E-state index contributed by atoms with van der Waals surface area (Å²) in [5.41, 5.74) is 7.80. The molecule has 1 aliphatic rings. The van der Waals surface area contributed by atoms with E-state index in [0.717, 1.165) is 11.1 Å². The van der Waals surface area contributed by atoms with Crippen molar-refractivity contribution >= 4 is 11.6 Å². The highest BCUT2D eigenvalue weighted by Gasteiger charge is 2.27. The fraction of sp³-hybridized carbons (Fsp3) is 0.250. The molecule has 0 bridgehead atoms. The van der Waals surface area contributed by atoms with E-state index >= 15 is 0 Å². The van der Waals surface area contributed by atoms with Gasteiger partial charge in [0.1, 0.15) is 11.9 Å². The molecule has 3 nitrogen and oxygen atoms in total. The van der Waals surface area contributed by atoms with Crippen LogP contribution in [0, 0.1) is 5.82 Å². The Bertz CT molecular complexity index is 677. The van der Waals surface area contributed by atoms with Gasteiger partial charge >= 0.3 is 0 Å². The number of nitrogens with two attached hydrogens (primary N) is 1. The van der Waals surface area contributed by atoms with Crippen LogP contribution in [0.25, 0.3) is 0 Å². The first-order chi connectivity index (χ1) is 10.1. The molecule has 5 heteroatoms. The lowest BCUT2D eigenvalue weighted by atomic mass is 9.93. The van der Waals surface area contributed by atoms with Crippen molar-refractivity contribution in [1.29, 1.82) is 0 Å². The van der Waals surface area contributed by atoms with Crippen molar-refractivity contribution in [2.45, 2.75) is 18.6 Å². The summed E-state index contributed by atoms with van der Waals surface area (Å²) in [6, 6.07) is 9.98. The molecular weight excluding hydrogens is 293 g/mol. The summed E-state index contributed by atoms with van der Waals surface area (Å²) in [4.78, 5) is 0. The van der Waals surface area contributed by atoms with E-state index in [1.54, 1.807) is 24.3 Å². The molecular formula is C16H15ClFNO2. The SMILES string of the molecule is COc1ccc(C2CC(N)c3cc(Cl)ccc3O2)cc1F. The van der Waals surface area contributed by atoms with Crippen LogP contribution in [0.1, 0.15) is 29.7 Å². The fourth-order valence-corrected chi connectivity index (χ4v) is 2.74. The van der Waals surface area contributed by atoms with Gasteiger partial charge in [-0.15, -0.1) is 0 Å². The Morgan fingerprint density at radius 3 is 2.81 bits per heavy atom. The quantitative estimate of drug-likeness (QED) is 0.911. The number of benzene rings is 2. The number of rotatable bonds is 2. The van der Waals surface area contributed by atoms with Crippen molar-refractivity contribution in [3.63, 3.8) is 0 Å². The highest BCUT2D eigenvalue weighted by molar-refractivity contribution is 6.30. The third-order valence-corrected chi connectivity index (χ3v) is 3.89. The molecule has 0 saturated heterocycles. The largest absolute Gasteiger partial charge is 0.494 e. The van der Waals surface area contributed by atoms with Gasteiger partial charge in [0.2, 0.25) is 0 Å². The van der Waals surface area contributed by atoms with Crippen molar-refractivity contribution < 1.29 is 13.9 Å². The summed E-state index contributed by atoms with van der Waals surface area (Å²) in [6.07, 6.45) is 0.285.